The van der Waals surface area contributed by atoms with Crippen molar-refractivity contribution in [3.05, 3.63) is 0 Å². The molecule has 0 aromatic heterocycles. The standard InChI is InChI=1S/C5H10O4S/c6-4-9-5-1-2-10(7,8)3-5/h4-5,7-8H,1-3H2. The molecule has 1 aliphatic rings. The second-order valence-electron chi connectivity index (χ2n) is 2.32. The smallest absolute Gasteiger partial charge is 0.293 e. The molecular formula is C5H10O4S. The maximum absolute atomic E-state index is 9.80. The number of carbonyl (C=O) groups is 1. The third-order valence-corrected chi connectivity index (χ3v) is 3.26. The fourth-order valence-electron chi connectivity index (χ4n) is 0.970. The van der Waals surface area contributed by atoms with Crippen LogP contribution in [0.2, 0.25) is 0 Å². The van der Waals surface area contributed by atoms with E-state index in [4.69, 9.17) is 9.11 Å². The van der Waals surface area contributed by atoms with E-state index in [0.29, 0.717) is 18.6 Å². The molecule has 2 N–H and O–H groups in total. The van der Waals surface area contributed by atoms with Crippen molar-refractivity contribution in [3.63, 3.8) is 0 Å². The van der Waals surface area contributed by atoms with Gasteiger partial charge in [-0.1, -0.05) is 0 Å². The Kier molecular flexibility index (Phi) is 2.18. The SMILES string of the molecule is O=COC1CCS(O)(O)C1. The normalized spacial score (nSPS) is 33.2. The number of hydrogen-bond donors (Lipinski definition) is 2. The lowest BCUT2D eigenvalue weighted by molar-refractivity contribution is -0.132. The molecule has 0 aromatic rings. The van der Waals surface area contributed by atoms with Crippen molar-refractivity contribution in [2.45, 2.75) is 12.5 Å². The van der Waals surface area contributed by atoms with Gasteiger partial charge in [-0.25, -0.2) is 0 Å². The van der Waals surface area contributed by atoms with E-state index in [-0.39, 0.29) is 11.9 Å². The highest BCUT2D eigenvalue weighted by Crippen LogP contribution is 2.46. The van der Waals surface area contributed by atoms with Gasteiger partial charge in [-0.15, -0.1) is 0 Å². The van der Waals surface area contributed by atoms with Crippen molar-refractivity contribution >= 4 is 17.1 Å². The molecule has 4 nitrogen and oxygen atoms in total. The molecule has 60 valence electrons. The van der Waals surface area contributed by atoms with Crippen LogP contribution in [-0.4, -0.2) is 33.2 Å². The van der Waals surface area contributed by atoms with Crippen LogP contribution in [0.15, 0.2) is 0 Å². The molecule has 5 heteroatoms. The summed E-state index contributed by atoms with van der Waals surface area (Å²) >= 11 is 0. The van der Waals surface area contributed by atoms with Gasteiger partial charge in [0.15, 0.2) is 0 Å². The molecule has 1 heterocycles. The van der Waals surface area contributed by atoms with Gasteiger partial charge in [0.05, 0.1) is 5.75 Å². The Morgan fingerprint density at radius 3 is 2.70 bits per heavy atom. The van der Waals surface area contributed by atoms with E-state index < -0.39 is 10.6 Å². The molecule has 1 rings (SSSR count). The summed E-state index contributed by atoms with van der Waals surface area (Å²) in [4.78, 5) is 9.80. The van der Waals surface area contributed by atoms with Crippen LogP contribution in [0.25, 0.3) is 0 Å². The number of hydrogen-bond acceptors (Lipinski definition) is 4. The highest BCUT2D eigenvalue weighted by molar-refractivity contribution is 8.24. The highest BCUT2D eigenvalue weighted by Gasteiger charge is 2.29. The van der Waals surface area contributed by atoms with Gasteiger partial charge < -0.3 is 4.74 Å². The maximum atomic E-state index is 9.80. The molecule has 0 amide bonds. The zero-order valence-electron chi connectivity index (χ0n) is 5.40. The average Bonchev–Trinajstić information content (AvgIpc) is 2.12. The molecule has 0 aromatic carbocycles. The van der Waals surface area contributed by atoms with Crippen LogP contribution in [0.1, 0.15) is 6.42 Å². The topological polar surface area (TPSA) is 66.8 Å². The number of ether oxygens (including phenoxy) is 1. The lowest BCUT2D eigenvalue weighted by Gasteiger charge is -2.25. The molecule has 0 bridgehead atoms. The molecule has 1 saturated heterocycles. The fraction of sp³-hybridized carbons (Fsp3) is 0.800. The van der Waals surface area contributed by atoms with Crippen molar-refractivity contribution in [1.82, 2.24) is 0 Å². The van der Waals surface area contributed by atoms with Crippen molar-refractivity contribution in [1.29, 1.82) is 0 Å². The van der Waals surface area contributed by atoms with Gasteiger partial charge in [0, 0.05) is 12.2 Å². The molecule has 1 atom stereocenters. The Hall–Kier alpha value is -0.260. The van der Waals surface area contributed by atoms with E-state index in [1.54, 1.807) is 0 Å². The number of rotatable bonds is 2. The first-order valence-corrected chi connectivity index (χ1v) is 4.85. The molecule has 1 fully saturated rings. The summed E-state index contributed by atoms with van der Waals surface area (Å²) < 4.78 is 22.6. The fourth-order valence-corrected chi connectivity index (χ4v) is 2.62. The first kappa shape index (κ1) is 7.84. The lowest BCUT2D eigenvalue weighted by atomic mass is 10.3. The first-order valence-electron chi connectivity index (χ1n) is 2.97. The van der Waals surface area contributed by atoms with E-state index in [1.165, 1.54) is 0 Å². The van der Waals surface area contributed by atoms with Crippen molar-refractivity contribution in [3.8, 4) is 0 Å². The van der Waals surface area contributed by atoms with Gasteiger partial charge in [0.2, 0.25) is 0 Å². The molecule has 10 heavy (non-hydrogen) atoms. The molecule has 1 aliphatic heterocycles. The van der Waals surface area contributed by atoms with Crippen molar-refractivity contribution in [2.24, 2.45) is 0 Å². The van der Waals surface area contributed by atoms with Crippen LogP contribution in [0.5, 0.6) is 0 Å². The Morgan fingerprint density at radius 1 is 1.60 bits per heavy atom. The highest BCUT2D eigenvalue weighted by atomic mass is 32.3. The summed E-state index contributed by atoms with van der Waals surface area (Å²) in [5.41, 5.74) is 0. The van der Waals surface area contributed by atoms with Crippen molar-refractivity contribution < 1.29 is 18.6 Å². The monoisotopic (exact) mass is 166 g/mol. The van der Waals surface area contributed by atoms with Crippen LogP contribution in [0, 0.1) is 0 Å². The van der Waals surface area contributed by atoms with E-state index >= 15 is 0 Å². The van der Waals surface area contributed by atoms with E-state index in [1.807, 2.05) is 0 Å². The quantitative estimate of drug-likeness (QED) is 0.592. The van der Waals surface area contributed by atoms with Gasteiger partial charge in [-0.05, 0) is 0 Å². The second-order valence-corrected chi connectivity index (χ2v) is 4.66. The largest absolute Gasteiger partial charge is 0.463 e. The van der Waals surface area contributed by atoms with Crippen molar-refractivity contribution in [2.75, 3.05) is 11.5 Å². The maximum Gasteiger partial charge on any atom is 0.293 e. The van der Waals surface area contributed by atoms with Crippen LogP contribution >= 0.6 is 10.6 Å². The minimum atomic E-state index is -2.40. The van der Waals surface area contributed by atoms with Gasteiger partial charge in [-0.2, -0.15) is 10.6 Å². The van der Waals surface area contributed by atoms with E-state index in [0.717, 1.165) is 0 Å². The molecular weight excluding hydrogens is 156 g/mol. The predicted octanol–water partition coefficient (Wildman–Crippen LogP) is 0.682. The Labute approximate surface area is 60.5 Å². The second kappa shape index (κ2) is 2.77. The van der Waals surface area contributed by atoms with E-state index in [9.17, 15) is 4.79 Å². The summed E-state index contributed by atoms with van der Waals surface area (Å²) in [5, 5.41) is 0. The number of carbonyl (C=O) groups excluding carboxylic acids is 1. The average molecular weight is 166 g/mol. The summed E-state index contributed by atoms with van der Waals surface area (Å²) in [6.45, 7) is 0.353. The third-order valence-electron chi connectivity index (χ3n) is 1.47. The molecule has 0 aliphatic carbocycles. The van der Waals surface area contributed by atoms with Crippen LogP contribution in [0.4, 0.5) is 0 Å². The van der Waals surface area contributed by atoms with Gasteiger partial charge >= 0.3 is 0 Å². The van der Waals surface area contributed by atoms with Gasteiger partial charge in [0.1, 0.15) is 6.10 Å². The third kappa shape index (κ3) is 1.86. The summed E-state index contributed by atoms with van der Waals surface area (Å²) in [5.74, 6) is 0.581. The summed E-state index contributed by atoms with van der Waals surface area (Å²) in [6, 6.07) is 0. The van der Waals surface area contributed by atoms with Crippen LogP contribution in [0.3, 0.4) is 0 Å². The molecule has 0 saturated carbocycles. The zero-order valence-corrected chi connectivity index (χ0v) is 6.21. The minimum absolute atomic E-state index is 0.214. The summed E-state index contributed by atoms with van der Waals surface area (Å²) in [6.07, 6.45) is 0.295. The Morgan fingerprint density at radius 2 is 2.30 bits per heavy atom. The predicted molar refractivity (Wildman–Crippen MR) is 38.1 cm³/mol. The van der Waals surface area contributed by atoms with Gasteiger partial charge in [-0.3, -0.25) is 13.9 Å². The Bertz CT molecular complexity index is 136. The van der Waals surface area contributed by atoms with E-state index in [2.05, 4.69) is 4.74 Å². The first-order chi connectivity index (χ1) is 4.64. The molecule has 1 unspecified atom stereocenters. The molecule has 0 spiro atoms. The van der Waals surface area contributed by atoms with Crippen LogP contribution in [-0.2, 0) is 9.53 Å². The van der Waals surface area contributed by atoms with Crippen LogP contribution < -0.4 is 0 Å². The zero-order chi connectivity index (χ0) is 7.61. The summed E-state index contributed by atoms with van der Waals surface area (Å²) in [7, 11) is -2.40. The molecule has 0 radical (unpaired) electrons. The Balaban J connectivity index is 2.35. The lowest BCUT2D eigenvalue weighted by Crippen LogP contribution is -2.11. The van der Waals surface area contributed by atoms with Gasteiger partial charge in [0.25, 0.3) is 6.47 Å². The minimum Gasteiger partial charge on any atom is -0.463 e.